The summed E-state index contributed by atoms with van der Waals surface area (Å²) in [6.45, 7) is 2.95. The molecule has 16 heavy (non-hydrogen) atoms. The van der Waals surface area contributed by atoms with Gasteiger partial charge in [-0.1, -0.05) is 11.6 Å². The third-order valence-electron chi connectivity index (χ3n) is 2.88. The fourth-order valence-corrected chi connectivity index (χ4v) is 2.21. The van der Waals surface area contributed by atoms with Crippen molar-refractivity contribution in [1.29, 1.82) is 0 Å². The molecule has 86 valence electrons. The lowest BCUT2D eigenvalue weighted by Gasteiger charge is -2.06. The number of imidazole rings is 1. The minimum absolute atomic E-state index is 0.761. The molecule has 0 aliphatic carbocycles. The van der Waals surface area contributed by atoms with Crippen LogP contribution in [-0.2, 0) is 13.5 Å². The minimum atomic E-state index is 0.761. The van der Waals surface area contributed by atoms with E-state index < -0.39 is 0 Å². The molecule has 0 fully saturated rings. The Balaban J connectivity index is 2.60. The molecule has 0 radical (unpaired) electrons. The highest BCUT2D eigenvalue weighted by molar-refractivity contribution is 6.31. The fourth-order valence-electron chi connectivity index (χ4n) is 1.97. The molecule has 0 aliphatic rings. The number of rotatable bonds is 3. The zero-order valence-electron chi connectivity index (χ0n) is 9.84. The Morgan fingerprint density at radius 2 is 2.19 bits per heavy atom. The summed E-state index contributed by atoms with van der Waals surface area (Å²) in [7, 11) is 4.00. The molecule has 0 unspecified atom stereocenters. The van der Waals surface area contributed by atoms with Crippen molar-refractivity contribution >= 4 is 22.6 Å². The normalized spacial score (nSPS) is 11.2. The molecule has 3 nitrogen and oxygen atoms in total. The third kappa shape index (κ3) is 1.93. The van der Waals surface area contributed by atoms with E-state index in [1.54, 1.807) is 0 Å². The van der Waals surface area contributed by atoms with Crippen LogP contribution < -0.4 is 5.32 Å². The number of nitrogens with one attached hydrogen (secondary N) is 1. The first-order valence-corrected chi connectivity index (χ1v) is 5.77. The maximum atomic E-state index is 6.09. The van der Waals surface area contributed by atoms with Gasteiger partial charge in [-0.15, -0.1) is 0 Å². The summed E-state index contributed by atoms with van der Waals surface area (Å²) in [5.41, 5.74) is 3.43. The second kappa shape index (κ2) is 4.44. The van der Waals surface area contributed by atoms with Crippen molar-refractivity contribution in [1.82, 2.24) is 14.9 Å². The number of aromatic nitrogens is 2. The summed E-state index contributed by atoms with van der Waals surface area (Å²) in [6, 6.07) is 3.95. The average Bonchev–Trinajstić information content (AvgIpc) is 2.51. The SMILES string of the molecule is CNCCc1cc(Cl)cc2nc(C)n(C)c12. The van der Waals surface area contributed by atoms with Gasteiger partial charge in [-0.05, 0) is 44.6 Å². The largest absolute Gasteiger partial charge is 0.331 e. The van der Waals surface area contributed by atoms with Gasteiger partial charge in [0.2, 0.25) is 0 Å². The molecular weight excluding hydrogens is 222 g/mol. The second-order valence-electron chi connectivity index (χ2n) is 4.00. The van der Waals surface area contributed by atoms with Crippen LogP contribution in [0.1, 0.15) is 11.4 Å². The fraction of sp³-hybridized carbons (Fsp3) is 0.417. The van der Waals surface area contributed by atoms with Gasteiger partial charge in [0.05, 0.1) is 11.0 Å². The number of likely N-dealkylation sites (N-methyl/N-ethyl adjacent to an activating group) is 1. The predicted octanol–water partition coefficient (Wildman–Crippen LogP) is 2.30. The van der Waals surface area contributed by atoms with E-state index in [2.05, 4.69) is 14.9 Å². The zero-order chi connectivity index (χ0) is 11.7. The van der Waals surface area contributed by atoms with Crippen LogP contribution in [0.4, 0.5) is 0 Å². The van der Waals surface area contributed by atoms with Crippen LogP contribution in [0.5, 0.6) is 0 Å². The molecule has 1 heterocycles. The highest BCUT2D eigenvalue weighted by atomic mass is 35.5. The van der Waals surface area contributed by atoms with E-state index in [1.165, 1.54) is 11.1 Å². The van der Waals surface area contributed by atoms with Crippen molar-refractivity contribution in [2.24, 2.45) is 7.05 Å². The number of benzene rings is 1. The lowest BCUT2D eigenvalue weighted by molar-refractivity contribution is 0.789. The Morgan fingerprint density at radius 3 is 2.88 bits per heavy atom. The zero-order valence-corrected chi connectivity index (χ0v) is 10.6. The molecule has 2 rings (SSSR count). The lowest BCUT2D eigenvalue weighted by Crippen LogP contribution is -2.11. The molecule has 0 saturated carbocycles. The minimum Gasteiger partial charge on any atom is -0.331 e. The van der Waals surface area contributed by atoms with Gasteiger partial charge in [0.1, 0.15) is 5.82 Å². The van der Waals surface area contributed by atoms with Crippen molar-refractivity contribution in [2.75, 3.05) is 13.6 Å². The number of fused-ring (bicyclic) bond motifs is 1. The number of aryl methyl sites for hydroxylation is 2. The van der Waals surface area contributed by atoms with Crippen LogP contribution in [0.15, 0.2) is 12.1 Å². The molecule has 0 saturated heterocycles. The van der Waals surface area contributed by atoms with Crippen molar-refractivity contribution in [3.63, 3.8) is 0 Å². The molecule has 1 aromatic carbocycles. The smallest absolute Gasteiger partial charge is 0.106 e. The molecule has 0 bridgehead atoms. The summed E-state index contributed by atoms with van der Waals surface area (Å²) in [6.07, 6.45) is 0.965. The molecule has 4 heteroatoms. The first-order valence-electron chi connectivity index (χ1n) is 5.39. The van der Waals surface area contributed by atoms with Gasteiger partial charge in [-0.3, -0.25) is 0 Å². The van der Waals surface area contributed by atoms with Crippen molar-refractivity contribution in [3.05, 3.63) is 28.5 Å². The molecular formula is C12H16ClN3. The van der Waals surface area contributed by atoms with Gasteiger partial charge in [0, 0.05) is 12.1 Å². The maximum absolute atomic E-state index is 6.09. The highest BCUT2D eigenvalue weighted by Crippen LogP contribution is 2.24. The average molecular weight is 238 g/mol. The monoisotopic (exact) mass is 237 g/mol. The molecule has 0 amide bonds. The van der Waals surface area contributed by atoms with Gasteiger partial charge in [-0.25, -0.2) is 4.98 Å². The van der Waals surface area contributed by atoms with Crippen LogP contribution in [0.3, 0.4) is 0 Å². The molecule has 1 N–H and O–H groups in total. The lowest BCUT2D eigenvalue weighted by atomic mass is 10.1. The summed E-state index contributed by atoms with van der Waals surface area (Å²) >= 11 is 6.09. The Kier molecular flexibility index (Phi) is 3.17. The van der Waals surface area contributed by atoms with Crippen LogP contribution in [0.25, 0.3) is 11.0 Å². The Morgan fingerprint density at radius 1 is 1.44 bits per heavy atom. The number of hydrogen-bond donors (Lipinski definition) is 1. The van der Waals surface area contributed by atoms with Gasteiger partial charge in [-0.2, -0.15) is 0 Å². The van der Waals surface area contributed by atoms with E-state index in [9.17, 15) is 0 Å². The standard InChI is InChI=1S/C12H16ClN3/c1-8-15-11-7-10(13)6-9(4-5-14-2)12(11)16(8)3/h6-7,14H,4-5H2,1-3H3. The Hall–Kier alpha value is -1.06. The second-order valence-corrected chi connectivity index (χ2v) is 4.44. The van der Waals surface area contributed by atoms with E-state index in [4.69, 9.17) is 11.6 Å². The summed E-state index contributed by atoms with van der Waals surface area (Å²) in [5.74, 6) is 1.02. The first-order chi connectivity index (χ1) is 7.63. The summed E-state index contributed by atoms with van der Waals surface area (Å²) in [5, 5.41) is 3.91. The molecule has 0 spiro atoms. The van der Waals surface area contributed by atoms with Gasteiger partial charge < -0.3 is 9.88 Å². The van der Waals surface area contributed by atoms with E-state index in [-0.39, 0.29) is 0 Å². The van der Waals surface area contributed by atoms with Gasteiger partial charge >= 0.3 is 0 Å². The molecule has 0 atom stereocenters. The van der Waals surface area contributed by atoms with E-state index in [1.807, 2.05) is 33.2 Å². The van der Waals surface area contributed by atoms with Crippen LogP contribution in [-0.4, -0.2) is 23.1 Å². The Labute approximate surface area is 100 Å². The van der Waals surface area contributed by atoms with Crippen molar-refractivity contribution < 1.29 is 0 Å². The Bertz CT molecular complexity index is 516. The predicted molar refractivity (Wildman–Crippen MR) is 68.1 cm³/mol. The van der Waals surface area contributed by atoms with E-state index in [0.717, 1.165) is 29.3 Å². The summed E-state index contributed by atoms with van der Waals surface area (Å²) in [4.78, 5) is 4.50. The van der Waals surface area contributed by atoms with E-state index in [0.29, 0.717) is 0 Å². The first kappa shape index (κ1) is 11.4. The van der Waals surface area contributed by atoms with Crippen molar-refractivity contribution in [2.45, 2.75) is 13.3 Å². The van der Waals surface area contributed by atoms with Crippen molar-refractivity contribution in [3.8, 4) is 0 Å². The number of nitrogens with zero attached hydrogens (tertiary/aromatic N) is 2. The molecule has 1 aromatic heterocycles. The topological polar surface area (TPSA) is 29.9 Å². The number of hydrogen-bond acceptors (Lipinski definition) is 2. The van der Waals surface area contributed by atoms with Gasteiger partial charge in [0.25, 0.3) is 0 Å². The van der Waals surface area contributed by atoms with E-state index >= 15 is 0 Å². The molecule has 0 aliphatic heterocycles. The quantitative estimate of drug-likeness (QED) is 0.888. The van der Waals surface area contributed by atoms with Crippen LogP contribution in [0, 0.1) is 6.92 Å². The van der Waals surface area contributed by atoms with Gasteiger partial charge in [0.15, 0.2) is 0 Å². The van der Waals surface area contributed by atoms with Crippen LogP contribution in [0.2, 0.25) is 5.02 Å². The third-order valence-corrected chi connectivity index (χ3v) is 3.10. The highest BCUT2D eigenvalue weighted by Gasteiger charge is 2.10. The molecule has 2 aromatic rings. The number of halogens is 1. The maximum Gasteiger partial charge on any atom is 0.106 e. The summed E-state index contributed by atoms with van der Waals surface area (Å²) < 4.78 is 2.12. The van der Waals surface area contributed by atoms with Crippen LogP contribution >= 0.6 is 11.6 Å².